The van der Waals surface area contributed by atoms with Gasteiger partial charge in [0.25, 0.3) is 0 Å². The highest BCUT2D eigenvalue weighted by Gasteiger charge is 2.23. The van der Waals surface area contributed by atoms with Crippen LogP contribution in [0.5, 0.6) is 11.5 Å². The van der Waals surface area contributed by atoms with Gasteiger partial charge < -0.3 is 19.5 Å². The van der Waals surface area contributed by atoms with E-state index in [2.05, 4.69) is 17.4 Å². The van der Waals surface area contributed by atoms with E-state index in [1.807, 2.05) is 6.07 Å². The molecule has 1 saturated carbocycles. The number of rotatable bonds is 4. The normalized spacial score (nSPS) is 25.5. The van der Waals surface area contributed by atoms with Crippen molar-refractivity contribution in [1.29, 1.82) is 0 Å². The molecule has 0 amide bonds. The zero-order valence-electron chi connectivity index (χ0n) is 11.4. The van der Waals surface area contributed by atoms with E-state index in [0.29, 0.717) is 25.4 Å². The number of benzene rings is 1. The highest BCUT2D eigenvalue weighted by atomic mass is 16.6. The largest absolute Gasteiger partial charge is 0.486 e. The first-order valence-electron chi connectivity index (χ1n) is 7.00. The molecule has 0 saturated heterocycles. The van der Waals surface area contributed by atoms with Gasteiger partial charge in [-0.15, -0.1) is 0 Å². The molecule has 2 unspecified atom stereocenters. The molecule has 1 aromatic rings. The van der Waals surface area contributed by atoms with E-state index in [4.69, 9.17) is 14.2 Å². The Bertz CT molecular complexity index is 435. The highest BCUT2D eigenvalue weighted by Crippen LogP contribution is 2.31. The van der Waals surface area contributed by atoms with E-state index in [1.165, 1.54) is 12.0 Å². The molecule has 2 aliphatic rings. The molecule has 0 radical (unpaired) electrons. The summed E-state index contributed by atoms with van der Waals surface area (Å²) in [6.45, 7) is 2.16. The van der Waals surface area contributed by atoms with Crippen LogP contribution in [-0.2, 0) is 11.3 Å². The molecular formula is C15H21NO3. The molecule has 4 heteroatoms. The molecule has 1 aliphatic heterocycles. The van der Waals surface area contributed by atoms with Crippen molar-refractivity contribution < 1.29 is 14.2 Å². The fraction of sp³-hybridized carbons (Fsp3) is 0.600. The average molecular weight is 263 g/mol. The molecule has 1 aromatic carbocycles. The maximum absolute atomic E-state index is 5.60. The molecule has 1 aliphatic carbocycles. The van der Waals surface area contributed by atoms with Gasteiger partial charge in [0.2, 0.25) is 0 Å². The molecule has 2 atom stereocenters. The highest BCUT2D eigenvalue weighted by molar-refractivity contribution is 5.43. The Kier molecular flexibility index (Phi) is 3.89. The van der Waals surface area contributed by atoms with Gasteiger partial charge in [-0.05, 0) is 37.0 Å². The summed E-state index contributed by atoms with van der Waals surface area (Å²) in [5.41, 5.74) is 1.24. The zero-order valence-corrected chi connectivity index (χ0v) is 11.4. The van der Waals surface area contributed by atoms with Crippen molar-refractivity contribution in [1.82, 2.24) is 5.32 Å². The standard InChI is InChI=1S/C15H21NO3/c1-17-13-4-3-12(9-13)16-10-11-2-5-14-15(8-11)19-7-6-18-14/h2,5,8,12-13,16H,3-4,6-7,9-10H2,1H3. The predicted molar refractivity (Wildman–Crippen MR) is 72.7 cm³/mol. The summed E-state index contributed by atoms with van der Waals surface area (Å²) < 4.78 is 16.5. The third-order valence-corrected chi connectivity index (χ3v) is 3.92. The smallest absolute Gasteiger partial charge is 0.161 e. The van der Waals surface area contributed by atoms with Crippen molar-refractivity contribution in [2.75, 3.05) is 20.3 Å². The molecule has 3 rings (SSSR count). The summed E-state index contributed by atoms with van der Waals surface area (Å²) >= 11 is 0. The molecule has 1 fully saturated rings. The van der Waals surface area contributed by atoms with E-state index in [-0.39, 0.29) is 0 Å². The minimum atomic E-state index is 0.428. The van der Waals surface area contributed by atoms with Gasteiger partial charge in [-0.25, -0.2) is 0 Å². The van der Waals surface area contributed by atoms with Crippen LogP contribution < -0.4 is 14.8 Å². The van der Waals surface area contributed by atoms with Crippen molar-refractivity contribution in [2.45, 2.75) is 38.0 Å². The molecule has 4 nitrogen and oxygen atoms in total. The van der Waals surface area contributed by atoms with E-state index in [0.717, 1.165) is 30.9 Å². The number of hydrogen-bond acceptors (Lipinski definition) is 4. The Labute approximate surface area is 114 Å². The summed E-state index contributed by atoms with van der Waals surface area (Å²) in [5, 5.41) is 3.59. The lowest BCUT2D eigenvalue weighted by atomic mass is 10.1. The summed E-state index contributed by atoms with van der Waals surface area (Å²) in [7, 11) is 1.80. The van der Waals surface area contributed by atoms with Crippen molar-refractivity contribution in [3.05, 3.63) is 23.8 Å². The summed E-state index contributed by atoms with van der Waals surface area (Å²) in [6.07, 6.45) is 3.90. The molecule has 1 N–H and O–H groups in total. The van der Waals surface area contributed by atoms with E-state index in [1.54, 1.807) is 7.11 Å². The van der Waals surface area contributed by atoms with Gasteiger partial charge in [0, 0.05) is 19.7 Å². The molecule has 0 spiro atoms. The van der Waals surface area contributed by atoms with Crippen LogP contribution in [0.4, 0.5) is 0 Å². The lowest BCUT2D eigenvalue weighted by Gasteiger charge is -2.19. The van der Waals surface area contributed by atoms with Crippen LogP contribution in [0.3, 0.4) is 0 Å². The van der Waals surface area contributed by atoms with Crippen molar-refractivity contribution in [2.24, 2.45) is 0 Å². The third-order valence-electron chi connectivity index (χ3n) is 3.92. The van der Waals surface area contributed by atoms with Crippen LogP contribution in [0, 0.1) is 0 Å². The number of fused-ring (bicyclic) bond motifs is 1. The van der Waals surface area contributed by atoms with Crippen LogP contribution in [0.1, 0.15) is 24.8 Å². The van der Waals surface area contributed by atoms with Gasteiger partial charge in [-0.2, -0.15) is 0 Å². The minimum Gasteiger partial charge on any atom is -0.486 e. The number of nitrogens with one attached hydrogen (secondary N) is 1. The first kappa shape index (κ1) is 12.8. The molecular weight excluding hydrogens is 242 g/mol. The van der Waals surface area contributed by atoms with Gasteiger partial charge in [0.05, 0.1) is 6.10 Å². The van der Waals surface area contributed by atoms with Crippen molar-refractivity contribution in [3.8, 4) is 11.5 Å². The fourth-order valence-corrected chi connectivity index (χ4v) is 2.80. The minimum absolute atomic E-state index is 0.428. The Morgan fingerprint density at radius 2 is 2.05 bits per heavy atom. The zero-order chi connectivity index (χ0) is 13.1. The molecule has 19 heavy (non-hydrogen) atoms. The van der Waals surface area contributed by atoms with Crippen LogP contribution >= 0.6 is 0 Å². The number of methoxy groups -OCH3 is 1. The first-order chi connectivity index (χ1) is 9.35. The van der Waals surface area contributed by atoms with Crippen LogP contribution in [-0.4, -0.2) is 32.5 Å². The molecule has 0 aromatic heterocycles. The lowest BCUT2D eigenvalue weighted by molar-refractivity contribution is 0.107. The van der Waals surface area contributed by atoms with Gasteiger partial charge in [0.1, 0.15) is 13.2 Å². The third kappa shape index (κ3) is 3.01. The van der Waals surface area contributed by atoms with E-state index >= 15 is 0 Å². The Morgan fingerprint density at radius 3 is 2.84 bits per heavy atom. The monoisotopic (exact) mass is 263 g/mol. The van der Waals surface area contributed by atoms with Gasteiger partial charge in [-0.1, -0.05) is 6.07 Å². The predicted octanol–water partition coefficient (Wildman–Crippen LogP) is 2.11. The Morgan fingerprint density at radius 1 is 1.21 bits per heavy atom. The van der Waals surface area contributed by atoms with E-state index in [9.17, 15) is 0 Å². The number of hydrogen-bond donors (Lipinski definition) is 1. The topological polar surface area (TPSA) is 39.7 Å². The lowest BCUT2D eigenvalue weighted by Crippen LogP contribution is -2.26. The van der Waals surface area contributed by atoms with Crippen LogP contribution in [0.15, 0.2) is 18.2 Å². The quantitative estimate of drug-likeness (QED) is 0.903. The second-order valence-electron chi connectivity index (χ2n) is 5.23. The fourth-order valence-electron chi connectivity index (χ4n) is 2.80. The van der Waals surface area contributed by atoms with Gasteiger partial charge >= 0.3 is 0 Å². The first-order valence-corrected chi connectivity index (χ1v) is 7.00. The molecule has 0 bridgehead atoms. The van der Waals surface area contributed by atoms with Crippen molar-refractivity contribution >= 4 is 0 Å². The van der Waals surface area contributed by atoms with E-state index < -0.39 is 0 Å². The second-order valence-corrected chi connectivity index (χ2v) is 5.23. The maximum atomic E-state index is 5.60. The summed E-state index contributed by atoms with van der Waals surface area (Å²) in [6, 6.07) is 6.74. The Balaban J connectivity index is 1.55. The second kappa shape index (κ2) is 5.80. The SMILES string of the molecule is COC1CCC(NCc2ccc3c(c2)OCCO3)C1. The Hall–Kier alpha value is -1.26. The number of ether oxygens (including phenoxy) is 3. The van der Waals surface area contributed by atoms with Gasteiger partial charge in [0.15, 0.2) is 11.5 Å². The van der Waals surface area contributed by atoms with Crippen LogP contribution in [0.2, 0.25) is 0 Å². The maximum Gasteiger partial charge on any atom is 0.161 e. The average Bonchev–Trinajstić information content (AvgIpc) is 2.93. The summed E-state index contributed by atoms with van der Waals surface area (Å²) in [5.74, 6) is 1.72. The molecule has 1 heterocycles. The molecule has 104 valence electrons. The van der Waals surface area contributed by atoms with Crippen LogP contribution in [0.25, 0.3) is 0 Å². The summed E-state index contributed by atoms with van der Waals surface area (Å²) in [4.78, 5) is 0. The van der Waals surface area contributed by atoms with Crippen molar-refractivity contribution in [3.63, 3.8) is 0 Å². The van der Waals surface area contributed by atoms with Gasteiger partial charge in [-0.3, -0.25) is 0 Å².